The predicted molar refractivity (Wildman–Crippen MR) is 138 cm³/mol. The van der Waals surface area contributed by atoms with Gasteiger partial charge >= 0.3 is 5.97 Å². The first-order valence-corrected chi connectivity index (χ1v) is 14.7. The van der Waals surface area contributed by atoms with Crippen molar-refractivity contribution in [3.63, 3.8) is 0 Å². The van der Waals surface area contributed by atoms with Gasteiger partial charge in [-0.3, -0.25) is 4.79 Å². The minimum absolute atomic E-state index is 0.0894. The van der Waals surface area contributed by atoms with Crippen LogP contribution in [0.15, 0.2) is 34.9 Å². The summed E-state index contributed by atoms with van der Waals surface area (Å²) in [6.45, 7) is 25.5. The van der Waals surface area contributed by atoms with Crippen molar-refractivity contribution in [2.45, 2.75) is 131 Å². The molecule has 0 saturated carbocycles. The normalized spacial score (nSPS) is 15.0. The lowest BCUT2D eigenvalue weighted by Crippen LogP contribution is -2.44. The molecule has 3 nitrogen and oxygen atoms in total. The van der Waals surface area contributed by atoms with Crippen molar-refractivity contribution in [3.8, 4) is 0 Å². The topological polar surface area (TPSA) is 35.5 Å². The van der Waals surface area contributed by atoms with Crippen molar-refractivity contribution in [2.24, 2.45) is 0 Å². The van der Waals surface area contributed by atoms with Gasteiger partial charge in [-0.15, -0.1) is 0 Å². The molecule has 0 aromatic rings. The first-order chi connectivity index (χ1) is 13.9. The molecule has 0 amide bonds. The molecule has 0 fully saturated rings. The van der Waals surface area contributed by atoms with Gasteiger partial charge in [-0.05, 0) is 92.3 Å². The monoisotopic (exact) mass is 450 g/mol. The lowest BCUT2D eigenvalue weighted by Gasteiger charge is -2.38. The summed E-state index contributed by atoms with van der Waals surface area (Å²) in [5.41, 5.74) is 3.60. The summed E-state index contributed by atoms with van der Waals surface area (Å²) in [4.78, 5) is 12.5. The molecular formula is C27H50O3Si. The molecule has 1 atom stereocenters. The summed E-state index contributed by atoms with van der Waals surface area (Å²) in [5.74, 6) is -0.199. The van der Waals surface area contributed by atoms with E-state index < -0.39 is 13.9 Å². The Morgan fingerprint density at radius 3 is 1.87 bits per heavy atom. The van der Waals surface area contributed by atoms with Crippen LogP contribution in [-0.2, 0) is 14.0 Å². The van der Waals surface area contributed by atoms with Crippen molar-refractivity contribution in [3.05, 3.63) is 34.9 Å². The van der Waals surface area contributed by atoms with Gasteiger partial charge in [0.05, 0.1) is 12.5 Å². The lowest BCUT2D eigenvalue weighted by atomic mass is 10.0. The Hall–Kier alpha value is -1.13. The number of allylic oxidation sites excluding steroid dienone is 5. The van der Waals surface area contributed by atoms with Gasteiger partial charge in [0, 0.05) is 0 Å². The highest BCUT2D eigenvalue weighted by molar-refractivity contribution is 6.74. The number of rotatable bonds is 11. The first-order valence-electron chi connectivity index (χ1n) is 11.8. The zero-order valence-corrected chi connectivity index (χ0v) is 23.6. The van der Waals surface area contributed by atoms with E-state index in [2.05, 4.69) is 79.8 Å². The molecule has 4 heteroatoms. The minimum atomic E-state index is -2.00. The lowest BCUT2D eigenvalue weighted by molar-refractivity contribution is -0.156. The SMILES string of the molecule is CC(C)=CCC/C(C)=C/CC/C(C)=C/C(CC(=O)OC(C)(C)C)O[Si](C)(C)C(C)(C)C. The van der Waals surface area contributed by atoms with Crippen LogP contribution in [0.3, 0.4) is 0 Å². The van der Waals surface area contributed by atoms with E-state index in [9.17, 15) is 4.79 Å². The third-order valence-corrected chi connectivity index (χ3v) is 10.1. The summed E-state index contributed by atoms with van der Waals surface area (Å²) in [5, 5.41) is 0.0894. The highest BCUT2D eigenvalue weighted by Crippen LogP contribution is 2.38. The summed E-state index contributed by atoms with van der Waals surface area (Å²) >= 11 is 0. The molecule has 31 heavy (non-hydrogen) atoms. The van der Waals surface area contributed by atoms with Crippen LogP contribution in [0.1, 0.15) is 101 Å². The van der Waals surface area contributed by atoms with Gasteiger partial charge in [0.15, 0.2) is 8.32 Å². The Morgan fingerprint density at radius 2 is 1.39 bits per heavy atom. The van der Waals surface area contributed by atoms with Crippen molar-refractivity contribution >= 4 is 14.3 Å². The first kappa shape index (κ1) is 29.9. The fraction of sp³-hybridized carbons (Fsp3) is 0.741. The summed E-state index contributed by atoms with van der Waals surface area (Å²) in [6.07, 6.45) is 11.0. The molecular weight excluding hydrogens is 400 g/mol. The van der Waals surface area contributed by atoms with E-state index in [0.29, 0.717) is 0 Å². The Labute approximate surface area is 194 Å². The van der Waals surface area contributed by atoms with Crippen LogP contribution in [0.25, 0.3) is 0 Å². The Balaban J connectivity index is 5.19. The maximum Gasteiger partial charge on any atom is 0.309 e. The van der Waals surface area contributed by atoms with Gasteiger partial charge in [0.1, 0.15) is 5.60 Å². The number of esters is 1. The third kappa shape index (κ3) is 14.5. The average Bonchev–Trinajstić information content (AvgIpc) is 2.50. The molecule has 0 rings (SSSR count). The highest BCUT2D eigenvalue weighted by atomic mass is 28.4. The molecule has 0 aliphatic heterocycles. The third-order valence-electron chi connectivity index (χ3n) is 5.63. The average molecular weight is 451 g/mol. The number of carbonyl (C=O) groups is 1. The summed E-state index contributed by atoms with van der Waals surface area (Å²) < 4.78 is 12.2. The smallest absolute Gasteiger partial charge is 0.309 e. The molecule has 0 heterocycles. The molecule has 0 aromatic carbocycles. The standard InChI is InChI=1S/C27H50O3Si/c1-21(2)15-13-16-22(3)17-14-18-23(4)19-24(20-25(28)29-26(5,6)7)30-31(11,12)27(8,9)10/h15,17,19,24H,13-14,16,18,20H2,1-12H3/b22-17+,23-19+. The van der Waals surface area contributed by atoms with Crippen LogP contribution in [0.5, 0.6) is 0 Å². The Bertz CT molecular complexity index is 651. The van der Waals surface area contributed by atoms with Gasteiger partial charge < -0.3 is 9.16 Å². The number of carbonyl (C=O) groups excluding carboxylic acids is 1. The van der Waals surface area contributed by atoms with Crippen LogP contribution in [0.2, 0.25) is 18.1 Å². The molecule has 0 N–H and O–H groups in total. The van der Waals surface area contributed by atoms with E-state index in [0.717, 1.165) is 25.7 Å². The molecule has 0 aliphatic carbocycles. The van der Waals surface area contributed by atoms with E-state index >= 15 is 0 Å². The van der Waals surface area contributed by atoms with E-state index in [4.69, 9.17) is 9.16 Å². The minimum Gasteiger partial charge on any atom is -0.460 e. The van der Waals surface area contributed by atoms with Crippen LogP contribution in [-0.4, -0.2) is 26.0 Å². The fourth-order valence-corrected chi connectivity index (χ4v) is 4.14. The molecule has 0 spiro atoms. The molecule has 0 aromatic heterocycles. The van der Waals surface area contributed by atoms with Gasteiger partial charge in [0.2, 0.25) is 0 Å². The van der Waals surface area contributed by atoms with Crippen LogP contribution >= 0.6 is 0 Å². The second-order valence-electron chi connectivity index (χ2n) is 11.6. The molecule has 0 bridgehead atoms. The van der Waals surface area contributed by atoms with E-state index in [1.165, 1.54) is 16.7 Å². The zero-order chi connectivity index (χ0) is 24.5. The largest absolute Gasteiger partial charge is 0.460 e. The Kier molecular flexibility index (Phi) is 12.3. The highest BCUT2D eigenvalue weighted by Gasteiger charge is 2.39. The van der Waals surface area contributed by atoms with E-state index in [1.54, 1.807) is 0 Å². The number of ether oxygens (including phenoxy) is 1. The van der Waals surface area contributed by atoms with Crippen LogP contribution in [0, 0.1) is 0 Å². The van der Waals surface area contributed by atoms with E-state index in [1.807, 2.05) is 20.8 Å². The summed E-state index contributed by atoms with van der Waals surface area (Å²) in [6, 6.07) is 0. The molecule has 0 saturated heterocycles. The predicted octanol–water partition coefficient (Wildman–Crippen LogP) is 8.53. The number of hydrogen-bond acceptors (Lipinski definition) is 3. The van der Waals surface area contributed by atoms with Gasteiger partial charge in [-0.1, -0.05) is 55.7 Å². The second kappa shape index (κ2) is 12.8. The van der Waals surface area contributed by atoms with Crippen LogP contribution in [0.4, 0.5) is 0 Å². The van der Waals surface area contributed by atoms with Crippen molar-refractivity contribution in [1.82, 2.24) is 0 Å². The molecule has 0 aliphatic rings. The maximum absolute atomic E-state index is 12.5. The van der Waals surface area contributed by atoms with Crippen molar-refractivity contribution in [1.29, 1.82) is 0 Å². The molecule has 0 radical (unpaired) electrons. The summed E-state index contributed by atoms with van der Waals surface area (Å²) in [7, 11) is -2.00. The molecule has 180 valence electrons. The molecule has 1 unspecified atom stereocenters. The number of hydrogen-bond donors (Lipinski definition) is 0. The van der Waals surface area contributed by atoms with Gasteiger partial charge in [-0.2, -0.15) is 0 Å². The zero-order valence-electron chi connectivity index (χ0n) is 22.6. The van der Waals surface area contributed by atoms with Crippen LogP contribution < -0.4 is 0 Å². The maximum atomic E-state index is 12.5. The van der Waals surface area contributed by atoms with E-state index in [-0.39, 0.29) is 23.5 Å². The quantitative estimate of drug-likeness (QED) is 0.180. The Morgan fingerprint density at radius 1 is 0.871 bits per heavy atom. The fourth-order valence-electron chi connectivity index (χ4n) is 2.87. The van der Waals surface area contributed by atoms with Gasteiger partial charge in [0.25, 0.3) is 0 Å². The second-order valence-corrected chi connectivity index (χ2v) is 16.4. The van der Waals surface area contributed by atoms with Gasteiger partial charge in [-0.25, -0.2) is 0 Å². The van der Waals surface area contributed by atoms with Crippen molar-refractivity contribution in [2.75, 3.05) is 0 Å². The van der Waals surface area contributed by atoms with Crippen molar-refractivity contribution < 1.29 is 14.0 Å².